The smallest absolute Gasteiger partial charge is 0.165 e. The molecule has 0 saturated carbocycles. The third kappa shape index (κ3) is 3.57. The van der Waals surface area contributed by atoms with Crippen molar-refractivity contribution in [3.8, 4) is 28.3 Å². The Balaban J connectivity index is 1.61. The number of rotatable bonds is 4. The van der Waals surface area contributed by atoms with E-state index in [1.54, 1.807) is 24.3 Å². The summed E-state index contributed by atoms with van der Waals surface area (Å²) in [6.45, 7) is 1.87. The number of nitrogens with one attached hydrogen (secondary N) is 2. The molecule has 1 unspecified atom stereocenters. The highest BCUT2D eigenvalue weighted by Crippen LogP contribution is 2.34. The summed E-state index contributed by atoms with van der Waals surface area (Å²) in [7, 11) is 0. The van der Waals surface area contributed by atoms with Gasteiger partial charge in [0.1, 0.15) is 17.4 Å². The number of benzene rings is 3. The fraction of sp³-hybridized carbons (Fsp3) is 0.167. The number of halogens is 1. The number of aromatic nitrogens is 2. The lowest BCUT2D eigenvalue weighted by Gasteiger charge is -2.16. The third-order valence-corrected chi connectivity index (χ3v) is 5.42. The van der Waals surface area contributed by atoms with Gasteiger partial charge in [0.25, 0.3) is 0 Å². The normalized spacial score (nSPS) is 16.1. The van der Waals surface area contributed by atoms with Crippen molar-refractivity contribution in [3.63, 3.8) is 0 Å². The van der Waals surface area contributed by atoms with Crippen LogP contribution in [0.2, 0.25) is 0 Å². The maximum Gasteiger partial charge on any atom is 0.165 e. The summed E-state index contributed by atoms with van der Waals surface area (Å²) in [5.74, 6) is 1.02. The van der Waals surface area contributed by atoms with Crippen LogP contribution in [0.1, 0.15) is 6.42 Å². The van der Waals surface area contributed by atoms with Crippen LogP contribution < -0.4 is 10.6 Å². The molecule has 3 N–H and O–H groups in total. The van der Waals surface area contributed by atoms with E-state index in [0.717, 1.165) is 47.4 Å². The largest absolute Gasteiger partial charge is 0.507 e. The second kappa shape index (κ2) is 7.72. The highest BCUT2D eigenvalue weighted by molar-refractivity contribution is 5.91. The van der Waals surface area contributed by atoms with Crippen molar-refractivity contribution in [2.45, 2.75) is 12.5 Å². The number of nitrogens with zero attached hydrogens (tertiary/aromatic N) is 2. The molecule has 0 amide bonds. The molecule has 1 aromatic heterocycles. The van der Waals surface area contributed by atoms with Crippen LogP contribution in [0.5, 0.6) is 5.75 Å². The monoisotopic (exact) mass is 400 g/mol. The zero-order chi connectivity index (χ0) is 20.5. The molecule has 1 fully saturated rings. The molecule has 0 spiro atoms. The number of para-hydroxylation sites is 1. The van der Waals surface area contributed by atoms with Gasteiger partial charge in [0.05, 0.1) is 11.1 Å². The number of phenols is 1. The topological polar surface area (TPSA) is 70.1 Å². The molecule has 1 atom stereocenters. The summed E-state index contributed by atoms with van der Waals surface area (Å²) >= 11 is 0. The molecular formula is C24H21FN4O. The van der Waals surface area contributed by atoms with Crippen molar-refractivity contribution in [3.05, 3.63) is 72.5 Å². The van der Waals surface area contributed by atoms with Gasteiger partial charge >= 0.3 is 0 Å². The Morgan fingerprint density at radius 2 is 1.77 bits per heavy atom. The summed E-state index contributed by atoms with van der Waals surface area (Å²) in [5.41, 5.74) is 3.06. The van der Waals surface area contributed by atoms with E-state index in [-0.39, 0.29) is 11.6 Å². The summed E-state index contributed by atoms with van der Waals surface area (Å²) in [5, 5.41) is 18.4. The number of anilines is 1. The summed E-state index contributed by atoms with van der Waals surface area (Å²) in [4.78, 5) is 9.48. The molecule has 1 aliphatic heterocycles. The molecule has 0 bridgehead atoms. The second-order valence-electron chi connectivity index (χ2n) is 7.49. The van der Waals surface area contributed by atoms with Crippen LogP contribution in [0, 0.1) is 5.82 Å². The molecule has 6 heteroatoms. The number of phenolic OH excluding ortho intramolecular Hbond substituents is 1. The van der Waals surface area contributed by atoms with Crippen molar-refractivity contribution >= 4 is 16.7 Å². The van der Waals surface area contributed by atoms with Crippen LogP contribution in [0.4, 0.5) is 10.2 Å². The molecule has 3 aromatic carbocycles. The van der Waals surface area contributed by atoms with Crippen molar-refractivity contribution in [1.29, 1.82) is 0 Å². The van der Waals surface area contributed by atoms with Crippen molar-refractivity contribution in [2.24, 2.45) is 0 Å². The molecule has 0 radical (unpaired) electrons. The Bertz CT molecular complexity index is 1200. The SMILES string of the molecule is Oc1ccc(-c2ccc(F)cc2)cc1-c1nc(NC2CCNC2)c2ccccc2n1. The Hall–Kier alpha value is -3.51. The van der Waals surface area contributed by atoms with E-state index in [0.29, 0.717) is 17.4 Å². The van der Waals surface area contributed by atoms with Gasteiger partial charge in [-0.15, -0.1) is 0 Å². The second-order valence-corrected chi connectivity index (χ2v) is 7.49. The molecule has 5 rings (SSSR count). The molecule has 4 aromatic rings. The first-order valence-corrected chi connectivity index (χ1v) is 10.0. The van der Waals surface area contributed by atoms with Crippen LogP contribution in [0.3, 0.4) is 0 Å². The summed E-state index contributed by atoms with van der Waals surface area (Å²) in [6.07, 6.45) is 1.03. The lowest BCUT2D eigenvalue weighted by Crippen LogP contribution is -2.23. The first-order chi connectivity index (χ1) is 14.7. The van der Waals surface area contributed by atoms with Gasteiger partial charge in [-0.3, -0.25) is 0 Å². The van der Waals surface area contributed by atoms with Gasteiger partial charge in [0, 0.05) is 18.0 Å². The summed E-state index contributed by atoms with van der Waals surface area (Å²) < 4.78 is 13.3. The predicted molar refractivity (Wildman–Crippen MR) is 117 cm³/mol. The molecule has 5 nitrogen and oxygen atoms in total. The van der Waals surface area contributed by atoms with Gasteiger partial charge < -0.3 is 15.7 Å². The zero-order valence-corrected chi connectivity index (χ0v) is 16.3. The van der Waals surface area contributed by atoms with Gasteiger partial charge in [-0.2, -0.15) is 0 Å². The van der Waals surface area contributed by atoms with Crippen LogP contribution in [-0.2, 0) is 0 Å². The molecule has 30 heavy (non-hydrogen) atoms. The van der Waals surface area contributed by atoms with E-state index < -0.39 is 0 Å². The van der Waals surface area contributed by atoms with E-state index in [2.05, 4.69) is 10.6 Å². The summed E-state index contributed by atoms with van der Waals surface area (Å²) in [6, 6.07) is 19.7. The van der Waals surface area contributed by atoms with Crippen LogP contribution in [0.15, 0.2) is 66.7 Å². The molecule has 1 aliphatic rings. The first kappa shape index (κ1) is 18.5. The minimum atomic E-state index is -0.285. The fourth-order valence-electron chi connectivity index (χ4n) is 3.82. The maximum absolute atomic E-state index is 13.3. The van der Waals surface area contributed by atoms with Gasteiger partial charge in [-0.25, -0.2) is 14.4 Å². The van der Waals surface area contributed by atoms with Crippen molar-refractivity contribution < 1.29 is 9.50 Å². The van der Waals surface area contributed by atoms with Crippen LogP contribution >= 0.6 is 0 Å². The maximum atomic E-state index is 13.3. The lowest BCUT2D eigenvalue weighted by atomic mass is 10.0. The molecule has 1 saturated heterocycles. The van der Waals surface area contributed by atoms with Crippen LogP contribution in [0.25, 0.3) is 33.4 Å². The molecule has 150 valence electrons. The standard InChI is InChI=1S/C24H21FN4O/c25-17-8-5-15(6-9-17)16-7-10-22(30)20(13-16)24-28-21-4-2-1-3-19(21)23(29-24)27-18-11-12-26-14-18/h1-10,13,18,26,30H,11-12,14H2,(H,27,28,29). The lowest BCUT2D eigenvalue weighted by molar-refractivity contribution is 0.477. The van der Waals surface area contributed by atoms with E-state index in [1.807, 2.05) is 30.3 Å². The first-order valence-electron chi connectivity index (χ1n) is 10.0. The Labute approximate surface area is 173 Å². The minimum absolute atomic E-state index is 0.102. The number of hydrogen-bond acceptors (Lipinski definition) is 5. The third-order valence-electron chi connectivity index (χ3n) is 5.42. The highest BCUT2D eigenvalue weighted by Gasteiger charge is 2.18. The number of hydrogen-bond donors (Lipinski definition) is 3. The van der Waals surface area contributed by atoms with Crippen molar-refractivity contribution in [1.82, 2.24) is 15.3 Å². The van der Waals surface area contributed by atoms with Crippen molar-refractivity contribution in [2.75, 3.05) is 18.4 Å². The molecule has 2 heterocycles. The highest BCUT2D eigenvalue weighted by atomic mass is 19.1. The Morgan fingerprint density at radius 1 is 0.967 bits per heavy atom. The average Bonchev–Trinajstić information content (AvgIpc) is 3.28. The van der Waals surface area contributed by atoms with E-state index >= 15 is 0 Å². The van der Waals surface area contributed by atoms with Gasteiger partial charge in [-0.05, 0) is 60.5 Å². The zero-order valence-electron chi connectivity index (χ0n) is 16.3. The predicted octanol–water partition coefficient (Wildman–Crippen LogP) is 4.58. The molecular weight excluding hydrogens is 379 g/mol. The van der Waals surface area contributed by atoms with Crippen LogP contribution in [-0.4, -0.2) is 34.2 Å². The quantitative estimate of drug-likeness (QED) is 0.468. The fourth-order valence-corrected chi connectivity index (χ4v) is 3.82. The van der Waals surface area contributed by atoms with E-state index in [9.17, 15) is 9.50 Å². The van der Waals surface area contributed by atoms with Gasteiger partial charge in [0.15, 0.2) is 5.82 Å². The minimum Gasteiger partial charge on any atom is -0.507 e. The van der Waals surface area contributed by atoms with E-state index in [1.165, 1.54) is 12.1 Å². The Kier molecular flexibility index (Phi) is 4.77. The number of fused-ring (bicyclic) bond motifs is 1. The van der Waals surface area contributed by atoms with E-state index in [4.69, 9.17) is 9.97 Å². The molecule has 0 aliphatic carbocycles. The number of aromatic hydroxyl groups is 1. The average molecular weight is 400 g/mol. The van der Waals surface area contributed by atoms with Gasteiger partial charge in [-0.1, -0.05) is 30.3 Å². The van der Waals surface area contributed by atoms with Gasteiger partial charge in [0.2, 0.25) is 0 Å². The Morgan fingerprint density at radius 3 is 2.57 bits per heavy atom.